The first kappa shape index (κ1) is 20.4. The highest BCUT2D eigenvalue weighted by molar-refractivity contribution is 9.10. The maximum Gasteiger partial charge on any atom is 0.343 e. The molecule has 146 valence electrons. The van der Waals surface area contributed by atoms with E-state index in [4.69, 9.17) is 4.74 Å². The molecule has 6 nitrogen and oxygen atoms in total. The van der Waals surface area contributed by atoms with E-state index in [1.54, 1.807) is 78.9 Å². The Morgan fingerprint density at radius 1 is 0.966 bits per heavy atom. The Morgan fingerprint density at radius 2 is 1.62 bits per heavy atom. The van der Waals surface area contributed by atoms with Crippen molar-refractivity contribution in [3.8, 4) is 5.75 Å². The molecule has 7 heteroatoms. The minimum Gasteiger partial charge on any atom is -0.423 e. The highest BCUT2D eigenvalue weighted by atomic mass is 79.9. The number of nitrogens with zero attached hydrogens (tertiary/aromatic N) is 1. The maximum atomic E-state index is 12.1. The van der Waals surface area contributed by atoms with Gasteiger partial charge in [-0.25, -0.2) is 10.2 Å². The van der Waals surface area contributed by atoms with E-state index < -0.39 is 18.0 Å². The van der Waals surface area contributed by atoms with Crippen LogP contribution in [-0.2, 0) is 4.79 Å². The van der Waals surface area contributed by atoms with Crippen LogP contribution in [0.15, 0.2) is 88.4 Å². The number of rotatable bonds is 6. The van der Waals surface area contributed by atoms with Crippen molar-refractivity contribution in [2.75, 3.05) is 0 Å². The number of carbonyl (C=O) groups is 2. The fourth-order valence-corrected chi connectivity index (χ4v) is 2.66. The Morgan fingerprint density at radius 3 is 2.28 bits per heavy atom. The van der Waals surface area contributed by atoms with Gasteiger partial charge < -0.3 is 9.84 Å². The molecule has 0 saturated carbocycles. The van der Waals surface area contributed by atoms with Gasteiger partial charge in [-0.15, -0.1) is 0 Å². The number of esters is 1. The van der Waals surface area contributed by atoms with Crippen molar-refractivity contribution in [2.24, 2.45) is 5.10 Å². The predicted molar refractivity (Wildman–Crippen MR) is 113 cm³/mol. The molecule has 3 aromatic rings. The van der Waals surface area contributed by atoms with Gasteiger partial charge in [-0.3, -0.25) is 4.79 Å². The second-order valence-electron chi connectivity index (χ2n) is 6.01. The lowest BCUT2D eigenvalue weighted by atomic mass is 10.1. The van der Waals surface area contributed by atoms with Gasteiger partial charge >= 0.3 is 5.97 Å². The molecule has 2 N–H and O–H groups in total. The van der Waals surface area contributed by atoms with Gasteiger partial charge in [0.15, 0.2) is 6.10 Å². The molecule has 0 radical (unpaired) electrons. The minimum atomic E-state index is -1.30. The van der Waals surface area contributed by atoms with Crippen molar-refractivity contribution in [1.29, 1.82) is 0 Å². The van der Waals surface area contributed by atoms with Crippen LogP contribution >= 0.6 is 15.9 Å². The second-order valence-corrected chi connectivity index (χ2v) is 6.93. The zero-order valence-corrected chi connectivity index (χ0v) is 16.7. The SMILES string of the molecule is O=C(Oc1ccc(/C=N\NC(=O)[C@@H](O)c2ccccc2)cc1)c1ccc(Br)cc1. The number of aliphatic hydroxyl groups excluding tert-OH is 1. The summed E-state index contributed by atoms with van der Waals surface area (Å²) in [6, 6.07) is 22.1. The van der Waals surface area contributed by atoms with Crippen LogP contribution in [-0.4, -0.2) is 23.2 Å². The molecule has 3 rings (SSSR count). The first-order valence-corrected chi connectivity index (χ1v) is 9.46. The smallest absolute Gasteiger partial charge is 0.343 e. The Bertz CT molecular complexity index is 1000. The standard InChI is InChI=1S/C22H17BrN2O4/c23-18-10-8-17(9-11-18)22(28)29-19-12-6-15(7-13-19)14-24-25-21(27)20(26)16-4-2-1-3-5-16/h1-14,20,26H,(H,25,27)/b24-14-/t20-/m0/s1. The summed E-state index contributed by atoms with van der Waals surface area (Å²) in [5.41, 5.74) is 3.90. The zero-order valence-electron chi connectivity index (χ0n) is 15.2. The third kappa shape index (κ3) is 5.84. The molecule has 0 aliphatic rings. The van der Waals surface area contributed by atoms with Crippen LogP contribution in [0.3, 0.4) is 0 Å². The number of benzene rings is 3. The normalized spacial score (nSPS) is 11.8. The summed E-state index contributed by atoms with van der Waals surface area (Å²) in [6.07, 6.45) is 0.129. The van der Waals surface area contributed by atoms with Gasteiger partial charge in [0.2, 0.25) is 0 Å². The first-order chi connectivity index (χ1) is 14.0. The molecule has 0 bridgehead atoms. The van der Waals surface area contributed by atoms with E-state index in [9.17, 15) is 14.7 Å². The van der Waals surface area contributed by atoms with E-state index in [-0.39, 0.29) is 0 Å². The highest BCUT2D eigenvalue weighted by Gasteiger charge is 2.15. The monoisotopic (exact) mass is 452 g/mol. The van der Waals surface area contributed by atoms with E-state index in [2.05, 4.69) is 26.5 Å². The summed E-state index contributed by atoms with van der Waals surface area (Å²) in [7, 11) is 0. The van der Waals surface area contributed by atoms with Crippen LogP contribution in [0.1, 0.15) is 27.6 Å². The van der Waals surface area contributed by atoms with Crippen molar-refractivity contribution in [2.45, 2.75) is 6.10 Å². The summed E-state index contributed by atoms with van der Waals surface area (Å²) in [6.45, 7) is 0. The molecular weight excluding hydrogens is 436 g/mol. The Balaban J connectivity index is 1.54. The number of aliphatic hydroxyl groups is 1. The van der Waals surface area contributed by atoms with Gasteiger partial charge in [0.05, 0.1) is 11.8 Å². The molecule has 0 aliphatic heterocycles. The number of halogens is 1. The van der Waals surface area contributed by atoms with E-state index in [1.807, 2.05) is 0 Å². The Hall–Kier alpha value is -3.29. The lowest BCUT2D eigenvalue weighted by Gasteiger charge is -2.08. The summed E-state index contributed by atoms with van der Waals surface area (Å²) >= 11 is 3.31. The highest BCUT2D eigenvalue weighted by Crippen LogP contribution is 2.16. The van der Waals surface area contributed by atoms with Crippen LogP contribution < -0.4 is 10.2 Å². The van der Waals surface area contributed by atoms with Crippen LogP contribution in [0.2, 0.25) is 0 Å². The quantitative estimate of drug-likeness (QED) is 0.257. The van der Waals surface area contributed by atoms with Gasteiger partial charge in [-0.05, 0) is 59.7 Å². The van der Waals surface area contributed by atoms with Gasteiger partial charge in [0, 0.05) is 4.47 Å². The zero-order chi connectivity index (χ0) is 20.6. The summed E-state index contributed by atoms with van der Waals surface area (Å²) < 4.78 is 6.19. The second kappa shape index (κ2) is 9.77. The Labute approximate surface area is 176 Å². The average Bonchev–Trinajstić information content (AvgIpc) is 2.75. The molecule has 0 aliphatic carbocycles. The Kier molecular flexibility index (Phi) is 6.89. The number of amides is 1. The van der Waals surface area contributed by atoms with Crippen molar-refractivity contribution in [3.63, 3.8) is 0 Å². The minimum absolute atomic E-state index is 0.388. The number of carbonyl (C=O) groups excluding carboxylic acids is 2. The third-order valence-electron chi connectivity index (χ3n) is 3.92. The molecule has 3 aromatic carbocycles. The molecule has 1 atom stereocenters. The van der Waals surface area contributed by atoms with Crippen LogP contribution in [0.25, 0.3) is 0 Å². The molecule has 0 aromatic heterocycles. The lowest BCUT2D eigenvalue weighted by Crippen LogP contribution is -2.25. The fourth-order valence-electron chi connectivity index (χ4n) is 2.39. The topological polar surface area (TPSA) is 88.0 Å². The summed E-state index contributed by atoms with van der Waals surface area (Å²) in [5.74, 6) is -0.702. The van der Waals surface area contributed by atoms with E-state index in [0.717, 1.165) is 4.47 Å². The number of hydrogen-bond acceptors (Lipinski definition) is 5. The molecule has 0 saturated heterocycles. The van der Waals surface area contributed by atoms with Crippen molar-refractivity contribution in [1.82, 2.24) is 5.43 Å². The van der Waals surface area contributed by atoms with Gasteiger partial charge in [0.1, 0.15) is 5.75 Å². The molecule has 0 heterocycles. The number of ether oxygens (including phenoxy) is 1. The molecule has 0 unspecified atom stereocenters. The number of hydrogen-bond donors (Lipinski definition) is 2. The van der Waals surface area contributed by atoms with Crippen molar-refractivity contribution < 1.29 is 19.4 Å². The van der Waals surface area contributed by atoms with Crippen LogP contribution in [0.4, 0.5) is 0 Å². The van der Waals surface area contributed by atoms with Gasteiger partial charge in [-0.2, -0.15) is 5.10 Å². The summed E-state index contributed by atoms with van der Waals surface area (Å²) in [4.78, 5) is 24.0. The molecule has 0 fully saturated rings. The number of nitrogens with one attached hydrogen (secondary N) is 1. The molecule has 0 spiro atoms. The van der Waals surface area contributed by atoms with Gasteiger partial charge in [0.25, 0.3) is 5.91 Å². The van der Waals surface area contributed by atoms with Crippen LogP contribution in [0.5, 0.6) is 5.75 Å². The fraction of sp³-hybridized carbons (Fsp3) is 0.0455. The third-order valence-corrected chi connectivity index (χ3v) is 4.45. The van der Waals surface area contributed by atoms with E-state index in [1.165, 1.54) is 6.21 Å². The predicted octanol–water partition coefficient (Wildman–Crippen LogP) is 3.85. The number of hydrazone groups is 1. The van der Waals surface area contributed by atoms with Crippen molar-refractivity contribution >= 4 is 34.0 Å². The van der Waals surface area contributed by atoms with E-state index in [0.29, 0.717) is 22.4 Å². The van der Waals surface area contributed by atoms with Crippen molar-refractivity contribution in [3.05, 3.63) is 100 Å². The summed E-state index contributed by atoms with van der Waals surface area (Å²) in [5, 5.41) is 13.8. The maximum absolute atomic E-state index is 12.1. The lowest BCUT2D eigenvalue weighted by molar-refractivity contribution is -0.129. The van der Waals surface area contributed by atoms with E-state index >= 15 is 0 Å². The average molecular weight is 453 g/mol. The first-order valence-electron chi connectivity index (χ1n) is 8.66. The molecule has 1 amide bonds. The van der Waals surface area contributed by atoms with Crippen LogP contribution in [0, 0.1) is 0 Å². The molecule has 29 heavy (non-hydrogen) atoms. The molecular formula is C22H17BrN2O4. The van der Waals surface area contributed by atoms with Gasteiger partial charge in [-0.1, -0.05) is 46.3 Å². The largest absolute Gasteiger partial charge is 0.423 e.